The van der Waals surface area contributed by atoms with Gasteiger partial charge >= 0.3 is 0 Å². The molecule has 1 N–H and O–H groups in total. The van der Waals surface area contributed by atoms with Gasteiger partial charge in [-0.15, -0.1) is 11.3 Å². The van der Waals surface area contributed by atoms with Crippen LogP contribution >= 0.6 is 22.9 Å². The third-order valence-electron chi connectivity index (χ3n) is 3.61. The fourth-order valence-electron chi connectivity index (χ4n) is 2.49. The summed E-state index contributed by atoms with van der Waals surface area (Å²) >= 11 is 7.82. The van der Waals surface area contributed by atoms with Crippen LogP contribution in [-0.4, -0.2) is 31.1 Å². The molecule has 2 atom stereocenters. The highest BCUT2D eigenvalue weighted by Gasteiger charge is 2.27. The lowest BCUT2D eigenvalue weighted by atomic mass is 9.95. The lowest BCUT2D eigenvalue weighted by Crippen LogP contribution is -2.46. The Bertz CT molecular complexity index is 347. The molecule has 1 unspecified atom stereocenters. The van der Waals surface area contributed by atoms with Crippen molar-refractivity contribution in [1.82, 2.24) is 10.2 Å². The highest BCUT2D eigenvalue weighted by molar-refractivity contribution is 7.16. The summed E-state index contributed by atoms with van der Waals surface area (Å²) in [6.45, 7) is 9.11. The number of thiophene rings is 1. The maximum Gasteiger partial charge on any atom is 0.0931 e. The Morgan fingerprint density at radius 1 is 1.41 bits per heavy atom. The van der Waals surface area contributed by atoms with Crippen LogP contribution in [0.4, 0.5) is 0 Å². The van der Waals surface area contributed by atoms with Gasteiger partial charge in [0.05, 0.1) is 4.34 Å². The van der Waals surface area contributed by atoms with Gasteiger partial charge in [0.1, 0.15) is 0 Å². The van der Waals surface area contributed by atoms with E-state index in [9.17, 15) is 0 Å². The van der Waals surface area contributed by atoms with Crippen LogP contribution in [0.5, 0.6) is 0 Å². The van der Waals surface area contributed by atoms with Crippen molar-refractivity contribution in [2.75, 3.05) is 26.2 Å². The summed E-state index contributed by atoms with van der Waals surface area (Å²) in [7, 11) is 0. The largest absolute Gasteiger partial charge is 0.314 e. The quantitative estimate of drug-likeness (QED) is 0.904. The normalized spacial score (nSPS) is 21.4. The van der Waals surface area contributed by atoms with Crippen LogP contribution in [-0.2, 0) is 0 Å². The topological polar surface area (TPSA) is 15.3 Å². The van der Waals surface area contributed by atoms with E-state index in [-0.39, 0.29) is 0 Å². The molecule has 1 saturated heterocycles. The van der Waals surface area contributed by atoms with E-state index in [2.05, 4.69) is 30.1 Å². The van der Waals surface area contributed by atoms with Gasteiger partial charge in [-0.2, -0.15) is 0 Å². The second-order valence-electron chi connectivity index (χ2n) is 4.76. The first-order chi connectivity index (χ1) is 8.22. The molecule has 2 nitrogen and oxygen atoms in total. The molecule has 0 radical (unpaired) electrons. The number of hydrogen-bond donors (Lipinski definition) is 1. The summed E-state index contributed by atoms with van der Waals surface area (Å²) in [4.78, 5) is 4.03. The predicted molar refractivity (Wildman–Crippen MR) is 76.0 cm³/mol. The number of hydrogen-bond acceptors (Lipinski definition) is 3. The third-order valence-corrected chi connectivity index (χ3v) is 4.92. The first kappa shape index (κ1) is 13.3. The van der Waals surface area contributed by atoms with E-state index in [1.165, 1.54) is 11.3 Å². The van der Waals surface area contributed by atoms with Crippen molar-refractivity contribution in [1.29, 1.82) is 0 Å². The van der Waals surface area contributed by atoms with Crippen molar-refractivity contribution in [3.05, 3.63) is 21.3 Å². The second kappa shape index (κ2) is 6.19. The molecule has 0 bridgehead atoms. The Morgan fingerprint density at radius 3 is 2.65 bits per heavy atom. The zero-order valence-electron chi connectivity index (χ0n) is 10.6. The molecule has 1 aromatic rings. The minimum absolute atomic E-state index is 0.541. The van der Waals surface area contributed by atoms with E-state index in [0.717, 1.165) is 30.5 Å². The second-order valence-corrected chi connectivity index (χ2v) is 6.50. The van der Waals surface area contributed by atoms with Crippen molar-refractivity contribution in [2.45, 2.75) is 26.3 Å². The molecule has 17 heavy (non-hydrogen) atoms. The Morgan fingerprint density at radius 2 is 2.12 bits per heavy atom. The molecule has 0 saturated carbocycles. The Kier molecular flexibility index (Phi) is 4.86. The fraction of sp³-hybridized carbons (Fsp3) is 0.692. The average Bonchev–Trinajstić information content (AvgIpc) is 2.77. The van der Waals surface area contributed by atoms with Crippen LogP contribution in [0, 0.1) is 5.92 Å². The van der Waals surface area contributed by atoms with Gasteiger partial charge in [0.15, 0.2) is 0 Å². The molecule has 2 heterocycles. The summed E-state index contributed by atoms with van der Waals surface area (Å²) in [6.07, 6.45) is 1.21. The van der Waals surface area contributed by atoms with Crippen LogP contribution in [0.2, 0.25) is 4.34 Å². The van der Waals surface area contributed by atoms with E-state index in [0.29, 0.717) is 12.0 Å². The van der Waals surface area contributed by atoms with Crippen molar-refractivity contribution < 1.29 is 0 Å². The molecule has 96 valence electrons. The van der Waals surface area contributed by atoms with Crippen molar-refractivity contribution in [3.63, 3.8) is 0 Å². The Hall–Kier alpha value is -0.0900. The minimum atomic E-state index is 0.541. The van der Waals surface area contributed by atoms with E-state index in [1.54, 1.807) is 11.3 Å². The monoisotopic (exact) mass is 272 g/mol. The van der Waals surface area contributed by atoms with Crippen LogP contribution in [0.3, 0.4) is 0 Å². The SMILES string of the molecule is CCC(C)[C@H](c1ccc(Cl)s1)N1CCNCC1. The number of nitrogens with one attached hydrogen (secondary N) is 1. The fourth-order valence-corrected chi connectivity index (χ4v) is 3.82. The summed E-state index contributed by atoms with van der Waals surface area (Å²) in [5.74, 6) is 0.683. The molecule has 1 aromatic heterocycles. The van der Waals surface area contributed by atoms with Gasteiger partial charge in [0.2, 0.25) is 0 Å². The number of rotatable bonds is 4. The van der Waals surface area contributed by atoms with Gasteiger partial charge in [0.25, 0.3) is 0 Å². The van der Waals surface area contributed by atoms with Gasteiger partial charge in [-0.25, -0.2) is 0 Å². The molecular weight excluding hydrogens is 252 g/mol. The van der Waals surface area contributed by atoms with Crippen LogP contribution in [0.25, 0.3) is 0 Å². The van der Waals surface area contributed by atoms with E-state index >= 15 is 0 Å². The lowest BCUT2D eigenvalue weighted by molar-refractivity contribution is 0.131. The van der Waals surface area contributed by atoms with E-state index in [4.69, 9.17) is 11.6 Å². The number of nitrogens with zero attached hydrogens (tertiary/aromatic N) is 1. The maximum atomic E-state index is 6.08. The molecule has 1 aliphatic heterocycles. The van der Waals surface area contributed by atoms with Gasteiger partial charge in [-0.1, -0.05) is 31.9 Å². The maximum absolute atomic E-state index is 6.08. The summed E-state index contributed by atoms with van der Waals surface area (Å²) in [5.41, 5.74) is 0. The highest BCUT2D eigenvalue weighted by Crippen LogP contribution is 2.36. The first-order valence-electron chi connectivity index (χ1n) is 6.42. The molecule has 4 heteroatoms. The van der Waals surface area contributed by atoms with Crippen LogP contribution < -0.4 is 5.32 Å². The summed E-state index contributed by atoms with van der Waals surface area (Å²) in [6, 6.07) is 4.77. The smallest absolute Gasteiger partial charge is 0.0931 e. The highest BCUT2D eigenvalue weighted by atomic mass is 35.5. The molecular formula is C13H21ClN2S. The molecule has 0 amide bonds. The van der Waals surface area contributed by atoms with Gasteiger partial charge in [0, 0.05) is 37.1 Å². The molecule has 2 rings (SSSR count). The van der Waals surface area contributed by atoms with Crippen LogP contribution in [0.1, 0.15) is 31.2 Å². The van der Waals surface area contributed by atoms with Crippen molar-refractivity contribution >= 4 is 22.9 Å². The third kappa shape index (κ3) is 3.22. The van der Waals surface area contributed by atoms with Crippen molar-refractivity contribution in [2.24, 2.45) is 5.92 Å². The Labute approximate surface area is 113 Å². The summed E-state index contributed by atoms with van der Waals surface area (Å²) < 4.78 is 0.906. The van der Waals surface area contributed by atoms with Gasteiger partial charge < -0.3 is 5.32 Å². The van der Waals surface area contributed by atoms with E-state index in [1.807, 2.05) is 6.07 Å². The number of piperazine rings is 1. The first-order valence-corrected chi connectivity index (χ1v) is 7.61. The average molecular weight is 273 g/mol. The number of halogens is 1. The van der Waals surface area contributed by atoms with E-state index < -0.39 is 0 Å². The standard InChI is InChI=1S/C13H21ClN2S/c1-3-10(2)13(11-4-5-12(14)17-11)16-8-6-15-7-9-16/h4-5,10,13,15H,3,6-9H2,1-2H3/t10?,13-/m1/s1. The molecule has 0 spiro atoms. The van der Waals surface area contributed by atoms with Gasteiger partial charge in [-0.3, -0.25) is 4.90 Å². The van der Waals surface area contributed by atoms with Crippen LogP contribution in [0.15, 0.2) is 12.1 Å². The molecule has 1 aliphatic rings. The van der Waals surface area contributed by atoms with Gasteiger partial charge in [-0.05, 0) is 18.1 Å². The van der Waals surface area contributed by atoms with Crippen molar-refractivity contribution in [3.8, 4) is 0 Å². The predicted octanol–water partition coefficient (Wildman–Crippen LogP) is 3.39. The molecule has 1 fully saturated rings. The Balaban J connectivity index is 2.17. The lowest BCUT2D eigenvalue weighted by Gasteiger charge is -2.37. The minimum Gasteiger partial charge on any atom is -0.314 e. The zero-order chi connectivity index (χ0) is 12.3. The summed E-state index contributed by atoms with van der Waals surface area (Å²) in [5, 5.41) is 3.42. The zero-order valence-corrected chi connectivity index (χ0v) is 12.2. The molecule has 0 aliphatic carbocycles. The molecule has 0 aromatic carbocycles.